The van der Waals surface area contributed by atoms with E-state index < -0.39 is 12.1 Å². The second-order valence-corrected chi connectivity index (χ2v) is 23.2. The van der Waals surface area contributed by atoms with E-state index in [1.54, 1.807) is 0 Å². The quantitative estimate of drug-likeness (QED) is 0.0320. The number of amides is 1. The van der Waals surface area contributed by atoms with E-state index >= 15 is 0 Å². The van der Waals surface area contributed by atoms with Crippen molar-refractivity contribution < 1.29 is 24.5 Å². The molecule has 6 heteroatoms. The van der Waals surface area contributed by atoms with Gasteiger partial charge in [0.2, 0.25) is 5.91 Å². The van der Waals surface area contributed by atoms with Crippen LogP contribution in [0.1, 0.15) is 373 Å². The van der Waals surface area contributed by atoms with Crippen molar-refractivity contribution in [2.24, 2.45) is 0 Å². The molecule has 2 unspecified atom stereocenters. The molecule has 0 aromatic carbocycles. The highest BCUT2D eigenvalue weighted by Gasteiger charge is 2.20. The summed E-state index contributed by atoms with van der Waals surface area (Å²) in [4.78, 5) is 24.5. The predicted molar refractivity (Wildman–Crippen MR) is 324 cm³/mol. The average molecular weight is 1040 g/mol. The normalized spacial score (nSPS) is 12.6. The topological polar surface area (TPSA) is 95.9 Å². The van der Waals surface area contributed by atoms with Gasteiger partial charge in [-0.05, 0) is 57.8 Å². The molecule has 3 N–H and O–H groups in total. The summed E-state index contributed by atoms with van der Waals surface area (Å²) in [6.45, 7) is 4.94. The van der Waals surface area contributed by atoms with E-state index in [4.69, 9.17) is 4.74 Å². The van der Waals surface area contributed by atoms with E-state index in [9.17, 15) is 19.8 Å². The molecule has 2 atom stereocenters. The standard InChI is InChI=1S/C68H131NO5/c1-3-5-7-9-11-13-15-16-17-32-36-39-42-46-50-54-58-62-68(73)74-63-59-55-51-47-43-40-37-34-31-29-27-25-23-21-19-18-20-22-24-26-28-30-33-35-38-41-45-49-53-57-61-67(72)69-65(64-70)66(71)60-56-52-48-44-14-12-10-8-6-4-2/h11,13,16-17,65-66,70-71H,3-10,12,14-15,18-64H2,1-2H3,(H,69,72)/b13-11-,17-16-. The van der Waals surface area contributed by atoms with Gasteiger partial charge >= 0.3 is 5.97 Å². The van der Waals surface area contributed by atoms with Crippen LogP contribution in [0.5, 0.6) is 0 Å². The van der Waals surface area contributed by atoms with Crippen molar-refractivity contribution >= 4 is 11.9 Å². The fourth-order valence-corrected chi connectivity index (χ4v) is 10.6. The molecule has 0 fully saturated rings. The average Bonchev–Trinajstić information content (AvgIpc) is 3.40. The summed E-state index contributed by atoms with van der Waals surface area (Å²) in [7, 11) is 0. The van der Waals surface area contributed by atoms with Gasteiger partial charge in [0.1, 0.15) is 0 Å². The number of allylic oxidation sites excluding steroid dienone is 4. The van der Waals surface area contributed by atoms with Gasteiger partial charge in [-0.3, -0.25) is 9.59 Å². The largest absolute Gasteiger partial charge is 0.466 e. The second-order valence-electron chi connectivity index (χ2n) is 23.2. The number of aliphatic hydroxyl groups excluding tert-OH is 2. The number of carbonyl (C=O) groups is 2. The first kappa shape index (κ1) is 72.3. The predicted octanol–water partition coefficient (Wildman–Crippen LogP) is 21.4. The van der Waals surface area contributed by atoms with Gasteiger partial charge in [-0.25, -0.2) is 0 Å². The van der Waals surface area contributed by atoms with Crippen LogP contribution in [-0.2, 0) is 14.3 Å². The van der Waals surface area contributed by atoms with Crippen LogP contribution in [-0.4, -0.2) is 47.4 Å². The van der Waals surface area contributed by atoms with Gasteiger partial charge in [-0.2, -0.15) is 0 Å². The summed E-state index contributed by atoms with van der Waals surface area (Å²) >= 11 is 0. The van der Waals surface area contributed by atoms with Gasteiger partial charge in [0.25, 0.3) is 0 Å². The molecule has 1 amide bonds. The molecule has 0 rings (SSSR count). The van der Waals surface area contributed by atoms with Gasteiger partial charge in [-0.15, -0.1) is 0 Å². The number of nitrogens with one attached hydrogen (secondary N) is 1. The van der Waals surface area contributed by atoms with Crippen molar-refractivity contribution in [3.63, 3.8) is 0 Å². The maximum absolute atomic E-state index is 12.4. The van der Waals surface area contributed by atoms with Crippen molar-refractivity contribution in [3.8, 4) is 0 Å². The highest BCUT2D eigenvalue weighted by molar-refractivity contribution is 5.76. The van der Waals surface area contributed by atoms with Gasteiger partial charge < -0.3 is 20.3 Å². The summed E-state index contributed by atoms with van der Waals surface area (Å²) in [6.07, 6.45) is 79.4. The molecule has 0 aromatic rings. The van der Waals surface area contributed by atoms with Crippen molar-refractivity contribution in [2.45, 2.75) is 386 Å². The molecular formula is C68H131NO5. The minimum absolute atomic E-state index is 0.0127. The van der Waals surface area contributed by atoms with E-state index in [2.05, 4.69) is 43.5 Å². The van der Waals surface area contributed by atoms with E-state index in [1.807, 2.05) is 0 Å². The second kappa shape index (κ2) is 63.9. The lowest BCUT2D eigenvalue weighted by atomic mass is 10.0. The van der Waals surface area contributed by atoms with Gasteiger partial charge in [0, 0.05) is 12.8 Å². The molecule has 0 heterocycles. The molecule has 6 nitrogen and oxygen atoms in total. The number of carbonyl (C=O) groups excluding carboxylic acids is 2. The molecule has 0 aliphatic rings. The van der Waals surface area contributed by atoms with Gasteiger partial charge in [-0.1, -0.05) is 327 Å². The highest BCUT2D eigenvalue weighted by atomic mass is 16.5. The maximum atomic E-state index is 12.4. The van der Waals surface area contributed by atoms with Crippen LogP contribution in [0.4, 0.5) is 0 Å². The molecule has 0 aliphatic heterocycles. The third-order valence-electron chi connectivity index (χ3n) is 15.8. The summed E-state index contributed by atoms with van der Waals surface area (Å²) in [5.74, 6) is -0.0185. The number of aliphatic hydroxyl groups is 2. The van der Waals surface area contributed by atoms with Crippen LogP contribution < -0.4 is 5.32 Å². The SMILES string of the molecule is CCCCC/C=C\C/C=C\CCCCCCCCCC(=O)OCCCCCCCCCCCCCCCCCCCCCCCCCCCCCCCCC(=O)NC(CO)C(O)CCCCCCCCCCCC. The first-order valence-corrected chi connectivity index (χ1v) is 33.6. The van der Waals surface area contributed by atoms with E-state index in [0.717, 1.165) is 51.4 Å². The first-order valence-electron chi connectivity index (χ1n) is 33.6. The fraction of sp³-hybridized carbons (Fsp3) is 0.912. The van der Waals surface area contributed by atoms with Gasteiger partial charge in [0.05, 0.1) is 25.4 Å². The van der Waals surface area contributed by atoms with Crippen molar-refractivity contribution in [3.05, 3.63) is 24.3 Å². The third-order valence-corrected chi connectivity index (χ3v) is 15.8. The van der Waals surface area contributed by atoms with Gasteiger partial charge in [0.15, 0.2) is 0 Å². The molecular weight excluding hydrogens is 911 g/mol. The molecule has 0 saturated heterocycles. The monoisotopic (exact) mass is 1040 g/mol. The molecule has 0 radical (unpaired) electrons. The van der Waals surface area contributed by atoms with Crippen LogP contribution in [0, 0.1) is 0 Å². The molecule has 0 aliphatic carbocycles. The number of hydrogen-bond acceptors (Lipinski definition) is 5. The number of rotatable bonds is 63. The molecule has 0 spiro atoms. The van der Waals surface area contributed by atoms with Crippen LogP contribution in [0.25, 0.3) is 0 Å². The number of unbranched alkanes of at least 4 members (excludes halogenated alkanes) is 48. The summed E-state index contributed by atoms with van der Waals surface area (Å²) in [5, 5.41) is 23.2. The number of ether oxygens (including phenoxy) is 1. The lowest BCUT2D eigenvalue weighted by Crippen LogP contribution is -2.45. The Labute approximate surface area is 462 Å². The smallest absolute Gasteiger partial charge is 0.305 e. The van der Waals surface area contributed by atoms with Crippen LogP contribution >= 0.6 is 0 Å². The minimum atomic E-state index is -0.659. The Morgan fingerprint density at radius 2 is 0.676 bits per heavy atom. The lowest BCUT2D eigenvalue weighted by molar-refractivity contribution is -0.143. The fourth-order valence-electron chi connectivity index (χ4n) is 10.6. The van der Waals surface area contributed by atoms with E-state index in [0.29, 0.717) is 25.9 Å². The minimum Gasteiger partial charge on any atom is -0.466 e. The van der Waals surface area contributed by atoms with Crippen LogP contribution in [0.15, 0.2) is 24.3 Å². The Bertz CT molecular complexity index is 1150. The molecule has 0 bridgehead atoms. The zero-order valence-electron chi connectivity index (χ0n) is 50.1. The van der Waals surface area contributed by atoms with E-state index in [1.165, 1.54) is 289 Å². The molecule has 0 saturated carbocycles. The Morgan fingerprint density at radius 1 is 0.378 bits per heavy atom. The van der Waals surface area contributed by atoms with E-state index in [-0.39, 0.29) is 18.5 Å². The zero-order valence-corrected chi connectivity index (χ0v) is 50.1. The lowest BCUT2D eigenvalue weighted by Gasteiger charge is -2.22. The van der Waals surface area contributed by atoms with Crippen molar-refractivity contribution in [2.75, 3.05) is 13.2 Å². The van der Waals surface area contributed by atoms with Crippen LogP contribution in [0.3, 0.4) is 0 Å². The summed E-state index contributed by atoms with van der Waals surface area (Å²) in [5.41, 5.74) is 0. The Hall–Kier alpha value is -1.66. The molecule has 74 heavy (non-hydrogen) atoms. The number of esters is 1. The summed E-state index contributed by atoms with van der Waals surface area (Å²) < 4.78 is 5.50. The first-order chi connectivity index (χ1) is 36.5. The highest BCUT2D eigenvalue weighted by Crippen LogP contribution is 2.19. The Morgan fingerprint density at radius 3 is 1.05 bits per heavy atom. The van der Waals surface area contributed by atoms with Crippen molar-refractivity contribution in [1.82, 2.24) is 5.32 Å². The third kappa shape index (κ3) is 59.6. The number of hydrogen-bond donors (Lipinski definition) is 3. The van der Waals surface area contributed by atoms with Crippen molar-refractivity contribution in [1.29, 1.82) is 0 Å². The summed E-state index contributed by atoms with van der Waals surface area (Å²) in [6, 6.07) is -0.536. The Balaban J connectivity index is 3.30. The molecule has 0 aromatic heterocycles. The molecule has 438 valence electrons. The Kier molecular flexibility index (Phi) is 62.4. The van der Waals surface area contributed by atoms with Crippen LogP contribution in [0.2, 0.25) is 0 Å². The maximum Gasteiger partial charge on any atom is 0.305 e. The zero-order chi connectivity index (χ0) is 53.6.